The Morgan fingerprint density at radius 2 is 1.62 bits per heavy atom. The van der Waals surface area contributed by atoms with E-state index >= 15 is 0 Å². The highest BCUT2D eigenvalue weighted by molar-refractivity contribution is 7.47. The molecule has 2 aliphatic rings. The summed E-state index contributed by atoms with van der Waals surface area (Å²) >= 11 is 0. The van der Waals surface area contributed by atoms with Crippen molar-refractivity contribution in [3.63, 3.8) is 0 Å². The summed E-state index contributed by atoms with van der Waals surface area (Å²) in [5.74, 6) is -0.304. The number of aliphatic hydroxyl groups excluding tert-OH is 1. The number of aromatic nitrogens is 5. The van der Waals surface area contributed by atoms with E-state index in [0.717, 1.165) is 74.2 Å². The van der Waals surface area contributed by atoms with Gasteiger partial charge in [0.05, 0.1) is 99.5 Å². The number of carbonyl (C=O) groups excluding carboxylic acids is 1. The number of nitrogens with two attached hydrogens (primary N) is 1. The van der Waals surface area contributed by atoms with Crippen molar-refractivity contribution in [2.24, 2.45) is 27.8 Å². The summed E-state index contributed by atoms with van der Waals surface area (Å²) in [6, 6.07) is 11.1. The highest BCUT2D eigenvalue weighted by Crippen LogP contribution is 2.52. The number of piperazine rings is 1. The predicted octanol–water partition coefficient (Wildman–Crippen LogP) is 5.07. The van der Waals surface area contributed by atoms with Crippen LogP contribution in [0.5, 0.6) is 0 Å². The highest BCUT2D eigenvalue weighted by Gasteiger charge is 2.45. The minimum Gasteiger partial charge on any atom is -0.422 e. The summed E-state index contributed by atoms with van der Waals surface area (Å²) in [5, 5.41) is 32.1. The van der Waals surface area contributed by atoms with Crippen LogP contribution in [0.15, 0.2) is 74.5 Å². The van der Waals surface area contributed by atoms with Crippen LogP contribution in [0.4, 0.5) is 5.69 Å². The largest absolute Gasteiger partial charge is 0.422 e. The molecule has 10 N–H and O–H groups in total. The van der Waals surface area contributed by atoms with Crippen molar-refractivity contribution in [3.05, 3.63) is 81.6 Å². The van der Waals surface area contributed by atoms with Crippen LogP contribution >= 0.6 is 17.0 Å². The van der Waals surface area contributed by atoms with Crippen LogP contribution in [0.3, 0.4) is 0 Å². The van der Waals surface area contributed by atoms with Crippen LogP contribution in [0.25, 0.3) is 27.9 Å². The molecule has 0 saturated carbocycles. The minimum absolute atomic E-state index is 0.0682. The van der Waals surface area contributed by atoms with Gasteiger partial charge in [0.1, 0.15) is 35.3 Å². The van der Waals surface area contributed by atoms with Gasteiger partial charge in [-0.2, -0.15) is 0 Å². The molecule has 1 amide bonds. The lowest BCUT2D eigenvalue weighted by Crippen LogP contribution is -2.49. The van der Waals surface area contributed by atoms with Crippen molar-refractivity contribution in [3.8, 4) is 11.3 Å². The van der Waals surface area contributed by atoms with E-state index in [4.69, 9.17) is 53.9 Å². The van der Waals surface area contributed by atoms with Gasteiger partial charge >= 0.3 is 14.2 Å². The molecule has 2 saturated heterocycles. The second-order valence-electron chi connectivity index (χ2n) is 20.7. The number of hydrogen-bond donors (Lipinski definition) is 9. The molecule has 4 aromatic heterocycles. The Morgan fingerprint density at radius 3 is 2.22 bits per heavy atom. The van der Waals surface area contributed by atoms with Crippen LogP contribution in [0.2, 0.25) is 0 Å². The van der Waals surface area contributed by atoms with Crippen molar-refractivity contribution < 1.29 is 62.5 Å². The molecular weight excluding hydrogens is 1160 g/mol. The molecular formula is C56H91N13O15P2. The van der Waals surface area contributed by atoms with Crippen molar-refractivity contribution in [1.82, 2.24) is 39.6 Å². The zero-order chi connectivity index (χ0) is 63.2. The maximum Gasteiger partial charge on any atom is 0.345 e. The highest BCUT2D eigenvalue weighted by atomic mass is 31.2. The molecule has 5 unspecified atom stereocenters. The third-order valence-electron chi connectivity index (χ3n) is 14.6. The topological polar surface area (TPSA) is 376 Å². The Kier molecular flexibility index (Phi) is 32.8. The number of benzene rings is 1. The van der Waals surface area contributed by atoms with Gasteiger partial charge in [-0.1, -0.05) is 46.8 Å². The molecule has 6 heterocycles. The molecule has 0 spiro atoms. The van der Waals surface area contributed by atoms with Gasteiger partial charge in [0.2, 0.25) is 5.91 Å². The van der Waals surface area contributed by atoms with Crippen molar-refractivity contribution >= 4 is 57.4 Å². The van der Waals surface area contributed by atoms with E-state index in [0.29, 0.717) is 100 Å². The Balaban J connectivity index is 0.000000759. The van der Waals surface area contributed by atoms with Gasteiger partial charge in [-0.3, -0.25) is 19.8 Å². The van der Waals surface area contributed by atoms with Crippen molar-refractivity contribution in [2.75, 3.05) is 97.5 Å². The first-order valence-corrected chi connectivity index (χ1v) is 31.4. The maximum absolute atomic E-state index is 13.0. The van der Waals surface area contributed by atoms with Crippen LogP contribution in [0.1, 0.15) is 91.3 Å². The molecule has 2 fully saturated rings. The third kappa shape index (κ3) is 23.5. The Bertz CT molecular complexity index is 2870. The monoisotopic (exact) mass is 1250 g/mol. The van der Waals surface area contributed by atoms with Gasteiger partial charge in [0, 0.05) is 88.2 Å². The van der Waals surface area contributed by atoms with E-state index in [1.165, 1.54) is 5.01 Å². The molecule has 5 atom stereocenters. The first-order chi connectivity index (χ1) is 41.3. The van der Waals surface area contributed by atoms with Crippen molar-refractivity contribution in [2.45, 2.75) is 124 Å². The number of aliphatic hydroxyl groups is 1. The van der Waals surface area contributed by atoms with E-state index < -0.39 is 46.3 Å². The lowest BCUT2D eigenvalue weighted by molar-refractivity contribution is -0.122. The molecule has 5 aromatic rings. The second-order valence-corrected chi connectivity index (χ2v) is 22.7. The number of carbonyl (C=O) groups is 1. The summed E-state index contributed by atoms with van der Waals surface area (Å²) in [6.45, 7) is 21.6. The number of imidazole rings is 1. The average molecular weight is 1250 g/mol. The van der Waals surface area contributed by atoms with E-state index in [1.54, 1.807) is 31.8 Å². The van der Waals surface area contributed by atoms with Gasteiger partial charge in [-0.25, -0.2) is 19.8 Å². The molecule has 86 heavy (non-hydrogen) atoms. The zero-order valence-electron chi connectivity index (χ0n) is 50.8. The van der Waals surface area contributed by atoms with Crippen LogP contribution in [-0.4, -0.2) is 198 Å². The number of aliphatic imine (C=N–C) groups is 1. The number of hydrogen-bond acceptors (Lipinski definition) is 22. The summed E-state index contributed by atoms with van der Waals surface area (Å²) in [5.41, 5.74) is 10.7. The normalized spacial score (nSPS) is 16.9. The number of nitroso groups, excluding NO2 is 1. The quantitative estimate of drug-likeness (QED) is 0.00516. The first-order valence-electron chi connectivity index (χ1n) is 29.0. The van der Waals surface area contributed by atoms with E-state index in [1.807, 2.05) is 67.9 Å². The molecule has 30 heteroatoms. The minimum atomic E-state index is -2.62. The van der Waals surface area contributed by atoms with E-state index in [9.17, 15) is 29.4 Å². The lowest BCUT2D eigenvalue weighted by Gasteiger charge is -2.40. The summed E-state index contributed by atoms with van der Waals surface area (Å²) in [6.07, 6.45) is 9.45. The fraction of sp³-hybridized carbons (Fsp3) is 0.625. The number of fused-ring (bicyclic) bond motifs is 2. The number of nitrogens with zero attached hydrogens (tertiary/aromatic N) is 10. The zero-order valence-corrected chi connectivity index (χ0v) is 52.6. The van der Waals surface area contributed by atoms with Gasteiger partial charge in [0.25, 0.3) is 0 Å². The van der Waals surface area contributed by atoms with Crippen LogP contribution in [0, 0.1) is 29.1 Å². The smallest absolute Gasteiger partial charge is 0.345 e. The van der Waals surface area contributed by atoms with Crippen molar-refractivity contribution in [1.29, 1.82) is 5.41 Å². The predicted molar refractivity (Wildman–Crippen MR) is 330 cm³/mol. The molecule has 7 rings (SSSR count). The van der Waals surface area contributed by atoms with E-state index in [2.05, 4.69) is 60.6 Å². The number of ether oxygens (including phenoxy) is 5. The SMILES string of the molecule is CC.CC(C)C1CCC(N(C)N=O)O1.CCC(CC(CO)NC(=O)CCCn1cc(COCCOCCOCCOCCN2CCN(c3ccc4cc(-c5cn6ccc(C)cc6n5)c(=O)oc4c3)CC2)nn1)(C(C)C(N)=NC=N)P(O)O.OP(O)O. The first kappa shape index (κ1) is 72.9. The number of amidine groups is 1. The molecule has 28 nitrogen and oxygen atoms in total. The number of pyridine rings is 1. The molecule has 480 valence electrons. The summed E-state index contributed by atoms with van der Waals surface area (Å²) < 4.78 is 37.7. The molecule has 2 aliphatic heterocycles. The fourth-order valence-corrected chi connectivity index (χ4v) is 10.8. The number of rotatable bonds is 32. The maximum atomic E-state index is 13.0. The molecule has 1 aromatic carbocycles. The third-order valence-corrected chi connectivity index (χ3v) is 16.3. The Hall–Kier alpha value is -5.55. The average Bonchev–Trinajstić information content (AvgIpc) is 1.99. The number of nitrogens with one attached hydrogen (secondary N) is 2. The van der Waals surface area contributed by atoms with Gasteiger partial charge < -0.3 is 78.0 Å². The van der Waals surface area contributed by atoms with Gasteiger partial charge in [-0.05, 0) is 80.8 Å². The molecule has 0 aliphatic carbocycles. The fourth-order valence-electron chi connectivity index (χ4n) is 9.70. The van der Waals surface area contributed by atoms with Crippen LogP contribution in [-0.2, 0) is 41.6 Å². The second kappa shape index (κ2) is 38.7. The van der Waals surface area contributed by atoms with E-state index in [-0.39, 0.29) is 37.4 Å². The molecule has 0 bridgehead atoms. The Morgan fingerprint density at radius 1 is 0.953 bits per heavy atom. The van der Waals surface area contributed by atoms with Gasteiger partial charge in [-0.15, -0.1) is 10.0 Å². The van der Waals surface area contributed by atoms with Crippen LogP contribution < -0.4 is 21.6 Å². The standard InChI is InChI=1S/C46H66N11O10P.C8H16N2O2.C2H6.H3O3P/c1-4-46(68(61)62,34(3)44(48)49-32-47)27-36(30-58)50-43(59)6-5-10-57-28-37(52-53-57)31-66-23-22-65-21-20-64-19-18-63-17-16-54-12-14-55(15-13-54)38-8-7-35-25-39(45(60)67-41(35)26-38)40-29-56-11-9-33(2)24-42(56)51-40;1-6(2)7-4-5-8(12-7)10(3)9-11;1-2;1-4(2)3/h7-9,11,24-26,28-29,32,34,36,58,61-62H,4-6,10,12-23,27,30-31H2,1-3H3,(H,50,59)(H3,47,48,49);6-8H,4-5H2,1-3H3;1-2H3;1-3H. The molecule has 0 radical (unpaired) electrons. The number of anilines is 1. The number of amides is 1. The van der Waals surface area contributed by atoms with Gasteiger partial charge in [0.15, 0.2) is 8.38 Å². The summed E-state index contributed by atoms with van der Waals surface area (Å²) in [7, 11) is -3.48. The Labute approximate surface area is 505 Å². The summed E-state index contributed by atoms with van der Waals surface area (Å²) in [4.78, 5) is 91.4. The number of aryl methyl sites for hydroxylation is 2. The lowest BCUT2D eigenvalue weighted by atomic mass is 9.84.